The number of primary amides is 1. The molecule has 0 saturated carbocycles. The van der Waals surface area contributed by atoms with Gasteiger partial charge < -0.3 is 5.73 Å². The number of halogens is 3. The summed E-state index contributed by atoms with van der Waals surface area (Å²) in [7, 11) is 0. The van der Waals surface area contributed by atoms with Gasteiger partial charge in [-0.3, -0.25) is 4.79 Å². The average Bonchev–Trinajstić information content (AvgIpc) is 2.74. The van der Waals surface area contributed by atoms with E-state index in [9.17, 15) is 18.0 Å². The molecular formula is C11H7F3N2OS. The summed E-state index contributed by atoms with van der Waals surface area (Å²) in [6.07, 6.45) is -4.63. The highest BCUT2D eigenvalue weighted by Crippen LogP contribution is 2.39. The highest BCUT2D eigenvalue weighted by molar-refractivity contribution is 7.15. The summed E-state index contributed by atoms with van der Waals surface area (Å²) in [6, 6.07) is 8.31. The number of hydrogen-bond acceptors (Lipinski definition) is 3. The smallest absolute Gasteiger partial charge is 0.364 e. The zero-order valence-corrected chi connectivity index (χ0v) is 9.68. The van der Waals surface area contributed by atoms with Gasteiger partial charge in [0.2, 0.25) is 0 Å². The third kappa shape index (κ3) is 2.35. The van der Waals surface area contributed by atoms with Gasteiger partial charge in [-0.2, -0.15) is 13.2 Å². The number of thiazole rings is 1. The highest BCUT2D eigenvalue weighted by atomic mass is 32.1. The monoisotopic (exact) mass is 272 g/mol. The molecule has 2 N–H and O–H groups in total. The number of amides is 1. The van der Waals surface area contributed by atoms with Crippen LogP contribution in [0.15, 0.2) is 30.3 Å². The van der Waals surface area contributed by atoms with Crippen LogP contribution in [0, 0.1) is 0 Å². The van der Waals surface area contributed by atoms with Crippen LogP contribution in [-0.2, 0) is 6.18 Å². The molecule has 1 amide bonds. The lowest BCUT2D eigenvalue weighted by Gasteiger charge is -2.02. The van der Waals surface area contributed by atoms with Crippen molar-refractivity contribution in [2.75, 3.05) is 0 Å². The molecular weight excluding hydrogens is 265 g/mol. The third-order valence-electron chi connectivity index (χ3n) is 2.14. The predicted molar refractivity (Wildman–Crippen MR) is 61.1 cm³/mol. The largest absolute Gasteiger partial charge is 0.427 e. The maximum absolute atomic E-state index is 12.7. The van der Waals surface area contributed by atoms with Crippen molar-refractivity contribution in [2.45, 2.75) is 6.18 Å². The van der Waals surface area contributed by atoms with Crippen LogP contribution in [0.4, 0.5) is 13.2 Å². The fourth-order valence-electron chi connectivity index (χ4n) is 1.38. The fourth-order valence-corrected chi connectivity index (χ4v) is 2.33. The molecule has 0 saturated heterocycles. The lowest BCUT2D eigenvalue weighted by molar-refractivity contribution is -0.134. The van der Waals surface area contributed by atoms with Crippen molar-refractivity contribution in [1.29, 1.82) is 0 Å². The minimum atomic E-state index is -4.63. The van der Waals surface area contributed by atoms with E-state index in [1.807, 2.05) is 0 Å². The second-order valence-corrected chi connectivity index (χ2v) is 4.42. The van der Waals surface area contributed by atoms with Crippen LogP contribution >= 0.6 is 11.3 Å². The van der Waals surface area contributed by atoms with Gasteiger partial charge in [-0.15, -0.1) is 11.3 Å². The molecule has 2 rings (SSSR count). The topological polar surface area (TPSA) is 56.0 Å². The molecule has 0 bridgehead atoms. The van der Waals surface area contributed by atoms with Crippen LogP contribution in [-0.4, -0.2) is 10.9 Å². The van der Waals surface area contributed by atoms with Crippen molar-refractivity contribution >= 4 is 17.2 Å². The van der Waals surface area contributed by atoms with Crippen LogP contribution < -0.4 is 5.73 Å². The fraction of sp³-hybridized carbons (Fsp3) is 0.0909. The van der Waals surface area contributed by atoms with E-state index in [0.717, 1.165) is 0 Å². The highest BCUT2D eigenvalue weighted by Gasteiger charge is 2.38. The van der Waals surface area contributed by atoms with Crippen LogP contribution in [0.5, 0.6) is 0 Å². The van der Waals surface area contributed by atoms with Crippen LogP contribution in [0.3, 0.4) is 0 Å². The lowest BCUT2D eigenvalue weighted by atomic mass is 10.2. The van der Waals surface area contributed by atoms with E-state index < -0.39 is 22.7 Å². The van der Waals surface area contributed by atoms with Crippen molar-refractivity contribution < 1.29 is 18.0 Å². The minimum Gasteiger partial charge on any atom is -0.364 e. The number of nitrogens with zero attached hydrogens (tertiary/aromatic N) is 1. The molecule has 0 aliphatic heterocycles. The Morgan fingerprint density at radius 1 is 1.22 bits per heavy atom. The Balaban J connectivity index is 2.57. The first-order valence-electron chi connectivity index (χ1n) is 4.83. The third-order valence-corrected chi connectivity index (χ3v) is 3.29. The van der Waals surface area contributed by atoms with Gasteiger partial charge in [0.25, 0.3) is 5.91 Å². The molecule has 0 fully saturated rings. The van der Waals surface area contributed by atoms with Gasteiger partial charge in [0, 0.05) is 5.56 Å². The van der Waals surface area contributed by atoms with E-state index in [2.05, 4.69) is 4.98 Å². The first-order valence-corrected chi connectivity index (χ1v) is 5.64. The Morgan fingerprint density at radius 2 is 1.83 bits per heavy atom. The number of alkyl halides is 3. The standard InChI is InChI=1S/C11H7F3N2OS/c12-11(13,14)8-7(9(15)17)16-10(18-8)6-4-2-1-3-5-6/h1-5H,(H2,15,17). The summed E-state index contributed by atoms with van der Waals surface area (Å²) in [4.78, 5) is 13.6. The van der Waals surface area contributed by atoms with Crippen LogP contribution in [0.2, 0.25) is 0 Å². The summed E-state index contributed by atoms with van der Waals surface area (Å²) in [5, 5.41) is 0.122. The SMILES string of the molecule is NC(=O)c1nc(-c2ccccc2)sc1C(F)(F)F. The predicted octanol–water partition coefficient (Wildman–Crippen LogP) is 2.93. The molecule has 7 heteroatoms. The number of aromatic nitrogens is 1. The molecule has 1 heterocycles. The summed E-state index contributed by atoms with van der Waals surface area (Å²) in [5.41, 5.74) is 4.69. The number of rotatable bonds is 2. The maximum atomic E-state index is 12.7. The zero-order valence-electron chi connectivity index (χ0n) is 8.86. The maximum Gasteiger partial charge on any atom is 0.427 e. The van der Waals surface area contributed by atoms with Gasteiger partial charge in [0.05, 0.1) is 0 Å². The molecule has 1 aromatic heterocycles. The average molecular weight is 272 g/mol. The van der Waals surface area contributed by atoms with E-state index in [0.29, 0.717) is 16.9 Å². The van der Waals surface area contributed by atoms with Crippen molar-refractivity contribution in [3.63, 3.8) is 0 Å². The van der Waals surface area contributed by atoms with Gasteiger partial charge in [0.15, 0.2) is 5.69 Å². The summed E-state index contributed by atoms with van der Waals surface area (Å²) in [5.74, 6) is -1.18. The molecule has 0 unspecified atom stereocenters. The number of nitrogens with two attached hydrogens (primary N) is 1. The lowest BCUT2D eigenvalue weighted by Crippen LogP contribution is -2.17. The molecule has 0 aliphatic carbocycles. The number of carbonyl (C=O) groups is 1. The van der Waals surface area contributed by atoms with Gasteiger partial charge in [-0.1, -0.05) is 30.3 Å². The zero-order chi connectivity index (χ0) is 13.3. The second kappa shape index (κ2) is 4.41. The minimum absolute atomic E-state index is 0.122. The number of carbonyl (C=O) groups excluding carboxylic acids is 1. The molecule has 94 valence electrons. The van der Waals surface area contributed by atoms with Crippen molar-refractivity contribution in [3.05, 3.63) is 40.9 Å². The molecule has 1 aromatic carbocycles. The van der Waals surface area contributed by atoms with Gasteiger partial charge >= 0.3 is 6.18 Å². The van der Waals surface area contributed by atoms with E-state index in [1.54, 1.807) is 30.3 Å². The van der Waals surface area contributed by atoms with Crippen LogP contribution in [0.25, 0.3) is 10.6 Å². The Morgan fingerprint density at radius 3 is 2.28 bits per heavy atom. The summed E-state index contributed by atoms with van der Waals surface area (Å²) >= 11 is 0.411. The van der Waals surface area contributed by atoms with Crippen LogP contribution in [0.1, 0.15) is 15.4 Å². The van der Waals surface area contributed by atoms with E-state index in [4.69, 9.17) is 5.73 Å². The van der Waals surface area contributed by atoms with E-state index in [1.165, 1.54) is 0 Å². The van der Waals surface area contributed by atoms with Gasteiger partial charge in [-0.25, -0.2) is 4.98 Å². The Kier molecular flexibility index (Phi) is 3.08. The van der Waals surface area contributed by atoms with Gasteiger partial charge in [0.1, 0.15) is 9.88 Å². The molecule has 0 spiro atoms. The second-order valence-electron chi connectivity index (χ2n) is 3.42. The molecule has 18 heavy (non-hydrogen) atoms. The molecule has 0 atom stereocenters. The summed E-state index contributed by atoms with van der Waals surface area (Å²) in [6.45, 7) is 0. The molecule has 3 nitrogen and oxygen atoms in total. The van der Waals surface area contributed by atoms with Crippen molar-refractivity contribution in [3.8, 4) is 10.6 Å². The van der Waals surface area contributed by atoms with E-state index >= 15 is 0 Å². The first kappa shape index (κ1) is 12.6. The Labute approximate surface area is 104 Å². The van der Waals surface area contributed by atoms with E-state index in [-0.39, 0.29) is 5.01 Å². The quantitative estimate of drug-likeness (QED) is 0.913. The Hall–Kier alpha value is -1.89. The normalized spacial score (nSPS) is 11.5. The molecule has 2 aromatic rings. The summed E-state index contributed by atoms with van der Waals surface area (Å²) < 4.78 is 38.1. The molecule has 0 radical (unpaired) electrons. The number of benzene rings is 1. The first-order chi connectivity index (χ1) is 8.39. The van der Waals surface area contributed by atoms with Crippen molar-refractivity contribution in [2.24, 2.45) is 5.73 Å². The van der Waals surface area contributed by atoms with Gasteiger partial charge in [-0.05, 0) is 0 Å². The molecule has 0 aliphatic rings. The van der Waals surface area contributed by atoms with Crippen molar-refractivity contribution in [1.82, 2.24) is 4.98 Å². The Bertz CT molecular complexity index is 578. The number of hydrogen-bond donors (Lipinski definition) is 1.